The van der Waals surface area contributed by atoms with Crippen molar-refractivity contribution >= 4 is 25.6 Å². The molecule has 110 valence electrons. The molecule has 1 N–H and O–H groups in total. The highest BCUT2D eigenvalue weighted by molar-refractivity contribution is 8.13. The SMILES string of the molecule is Cc1c(C(=O)NCC2(C)CC2)cc(F)cc1S(=O)(=O)Cl. The van der Waals surface area contributed by atoms with Gasteiger partial charge in [-0.05, 0) is 42.9 Å². The second-order valence-corrected chi connectivity index (χ2v) is 8.04. The molecule has 0 saturated heterocycles. The van der Waals surface area contributed by atoms with Crippen molar-refractivity contribution < 1.29 is 17.6 Å². The Morgan fingerprint density at radius 1 is 1.45 bits per heavy atom. The summed E-state index contributed by atoms with van der Waals surface area (Å²) >= 11 is 0. The molecule has 1 aliphatic carbocycles. The van der Waals surface area contributed by atoms with E-state index in [1.54, 1.807) is 0 Å². The third-order valence-electron chi connectivity index (χ3n) is 3.61. The molecule has 0 radical (unpaired) electrons. The van der Waals surface area contributed by atoms with E-state index in [1.165, 1.54) is 6.92 Å². The first kappa shape index (κ1) is 15.3. The molecule has 1 aromatic rings. The summed E-state index contributed by atoms with van der Waals surface area (Å²) in [5, 5.41) is 2.70. The van der Waals surface area contributed by atoms with Crippen LogP contribution in [0.1, 0.15) is 35.7 Å². The molecule has 20 heavy (non-hydrogen) atoms. The molecule has 1 amide bonds. The van der Waals surface area contributed by atoms with Gasteiger partial charge in [0.2, 0.25) is 0 Å². The fourth-order valence-corrected chi connectivity index (χ4v) is 3.13. The second-order valence-electron chi connectivity index (χ2n) is 5.51. The van der Waals surface area contributed by atoms with Crippen LogP contribution in [0.2, 0.25) is 0 Å². The van der Waals surface area contributed by atoms with E-state index < -0.39 is 20.8 Å². The van der Waals surface area contributed by atoms with Crippen molar-refractivity contribution in [3.8, 4) is 0 Å². The number of nitrogens with one attached hydrogen (secondary N) is 1. The van der Waals surface area contributed by atoms with Crippen molar-refractivity contribution in [2.45, 2.75) is 31.6 Å². The fraction of sp³-hybridized carbons (Fsp3) is 0.462. The predicted molar refractivity (Wildman–Crippen MR) is 73.9 cm³/mol. The van der Waals surface area contributed by atoms with Gasteiger partial charge >= 0.3 is 0 Å². The van der Waals surface area contributed by atoms with Crippen molar-refractivity contribution in [2.75, 3.05) is 6.54 Å². The third-order valence-corrected chi connectivity index (χ3v) is 5.06. The number of carbonyl (C=O) groups excluding carboxylic acids is 1. The van der Waals surface area contributed by atoms with Crippen LogP contribution in [-0.2, 0) is 9.05 Å². The van der Waals surface area contributed by atoms with Crippen LogP contribution < -0.4 is 5.32 Å². The maximum atomic E-state index is 13.5. The van der Waals surface area contributed by atoms with Crippen LogP contribution in [0.4, 0.5) is 4.39 Å². The number of benzene rings is 1. The van der Waals surface area contributed by atoms with Crippen LogP contribution in [0.25, 0.3) is 0 Å². The molecule has 1 saturated carbocycles. The van der Waals surface area contributed by atoms with E-state index >= 15 is 0 Å². The molecule has 0 aliphatic heterocycles. The fourth-order valence-electron chi connectivity index (χ4n) is 1.92. The Balaban J connectivity index is 2.31. The number of hydrogen-bond donors (Lipinski definition) is 1. The molecule has 4 nitrogen and oxygen atoms in total. The van der Waals surface area contributed by atoms with E-state index in [0.29, 0.717) is 6.54 Å². The van der Waals surface area contributed by atoms with Crippen LogP contribution in [-0.4, -0.2) is 20.9 Å². The van der Waals surface area contributed by atoms with E-state index in [1.807, 2.05) is 6.92 Å². The topological polar surface area (TPSA) is 63.2 Å². The van der Waals surface area contributed by atoms with Gasteiger partial charge in [-0.25, -0.2) is 12.8 Å². The second kappa shape index (κ2) is 5.00. The quantitative estimate of drug-likeness (QED) is 0.868. The van der Waals surface area contributed by atoms with Gasteiger partial charge in [0, 0.05) is 22.8 Å². The monoisotopic (exact) mass is 319 g/mol. The zero-order valence-electron chi connectivity index (χ0n) is 11.2. The highest BCUT2D eigenvalue weighted by atomic mass is 35.7. The molecular formula is C13H15ClFNO3S. The van der Waals surface area contributed by atoms with E-state index in [-0.39, 0.29) is 21.4 Å². The maximum absolute atomic E-state index is 13.5. The van der Waals surface area contributed by atoms with Crippen molar-refractivity contribution in [1.82, 2.24) is 5.32 Å². The van der Waals surface area contributed by atoms with Crippen LogP contribution in [0, 0.1) is 18.2 Å². The van der Waals surface area contributed by atoms with Gasteiger partial charge in [0.15, 0.2) is 0 Å². The third kappa shape index (κ3) is 3.30. The molecule has 1 aliphatic rings. The molecule has 0 aromatic heterocycles. The van der Waals surface area contributed by atoms with Gasteiger partial charge in [0.25, 0.3) is 15.0 Å². The average Bonchev–Trinajstić information content (AvgIpc) is 3.06. The van der Waals surface area contributed by atoms with Gasteiger partial charge in [-0.3, -0.25) is 4.79 Å². The van der Waals surface area contributed by atoms with Crippen LogP contribution in [0.15, 0.2) is 17.0 Å². The lowest BCUT2D eigenvalue weighted by Crippen LogP contribution is -2.29. The first-order valence-corrected chi connectivity index (χ1v) is 8.46. The lowest BCUT2D eigenvalue weighted by molar-refractivity contribution is 0.0944. The smallest absolute Gasteiger partial charge is 0.261 e. The number of halogens is 2. The summed E-state index contributed by atoms with van der Waals surface area (Å²) < 4.78 is 36.2. The molecule has 0 atom stereocenters. The Labute approximate surface area is 121 Å². The minimum absolute atomic E-state index is 0.00604. The van der Waals surface area contributed by atoms with Gasteiger partial charge in [0.05, 0.1) is 4.90 Å². The summed E-state index contributed by atoms with van der Waals surface area (Å²) in [6.45, 7) is 3.97. The summed E-state index contributed by atoms with van der Waals surface area (Å²) in [4.78, 5) is 11.7. The molecule has 1 fully saturated rings. The van der Waals surface area contributed by atoms with Gasteiger partial charge in [0.1, 0.15) is 5.82 Å². The van der Waals surface area contributed by atoms with Crippen LogP contribution >= 0.6 is 10.7 Å². The van der Waals surface area contributed by atoms with Crippen molar-refractivity contribution in [3.63, 3.8) is 0 Å². The van der Waals surface area contributed by atoms with Gasteiger partial charge in [-0.15, -0.1) is 0 Å². The van der Waals surface area contributed by atoms with Crippen molar-refractivity contribution in [1.29, 1.82) is 0 Å². The van der Waals surface area contributed by atoms with Crippen molar-refractivity contribution in [2.24, 2.45) is 5.41 Å². The summed E-state index contributed by atoms with van der Waals surface area (Å²) in [7, 11) is 1.16. The van der Waals surface area contributed by atoms with E-state index in [4.69, 9.17) is 10.7 Å². The Bertz CT molecular complexity index is 668. The van der Waals surface area contributed by atoms with Gasteiger partial charge in [-0.1, -0.05) is 6.92 Å². The molecule has 0 heterocycles. The zero-order valence-corrected chi connectivity index (χ0v) is 12.7. The molecule has 0 unspecified atom stereocenters. The Morgan fingerprint density at radius 2 is 2.05 bits per heavy atom. The van der Waals surface area contributed by atoms with Crippen LogP contribution in [0.3, 0.4) is 0 Å². The summed E-state index contributed by atoms with van der Waals surface area (Å²) in [6, 6.07) is 1.84. The summed E-state index contributed by atoms with van der Waals surface area (Å²) in [5.74, 6) is -1.30. The highest BCUT2D eigenvalue weighted by Gasteiger charge is 2.37. The summed E-state index contributed by atoms with van der Waals surface area (Å²) in [6.07, 6.45) is 2.08. The predicted octanol–water partition coefficient (Wildman–Crippen LogP) is 2.59. The van der Waals surface area contributed by atoms with E-state index in [9.17, 15) is 17.6 Å². The number of rotatable bonds is 4. The Kier molecular flexibility index (Phi) is 3.81. The molecule has 2 rings (SSSR count). The number of amides is 1. The normalized spacial score (nSPS) is 16.8. The molecule has 0 spiro atoms. The average molecular weight is 320 g/mol. The molecular weight excluding hydrogens is 305 g/mol. The maximum Gasteiger partial charge on any atom is 0.261 e. The molecule has 7 heteroatoms. The van der Waals surface area contributed by atoms with Crippen LogP contribution in [0.5, 0.6) is 0 Å². The van der Waals surface area contributed by atoms with E-state index in [2.05, 4.69) is 5.32 Å². The Hall–Kier alpha value is -1.14. The van der Waals surface area contributed by atoms with Crippen molar-refractivity contribution in [3.05, 3.63) is 29.1 Å². The lowest BCUT2D eigenvalue weighted by Gasteiger charge is -2.13. The Morgan fingerprint density at radius 3 is 2.55 bits per heavy atom. The number of carbonyl (C=O) groups is 1. The first-order valence-electron chi connectivity index (χ1n) is 6.15. The largest absolute Gasteiger partial charge is 0.351 e. The van der Waals surface area contributed by atoms with Gasteiger partial charge < -0.3 is 5.32 Å². The standard InChI is InChI=1S/C13H15ClFNO3S/c1-8-10(12(17)16-7-13(2)3-4-13)5-9(15)6-11(8)20(14,18)19/h5-6H,3-4,7H2,1-2H3,(H,16,17). The molecule has 1 aromatic carbocycles. The highest BCUT2D eigenvalue weighted by Crippen LogP contribution is 2.44. The number of hydrogen-bond acceptors (Lipinski definition) is 3. The lowest BCUT2D eigenvalue weighted by atomic mass is 10.1. The molecule has 0 bridgehead atoms. The first-order chi connectivity index (χ1) is 9.12. The zero-order chi connectivity index (χ0) is 15.1. The summed E-state index contributed by atoms with van der Waals surface area (Å²) in [5.41, 5.74) is 0.256. The minimum atomic E-state index is -4.09. The van der Waals surface area contributed by atoms with Gasteiger partial charge in [-0.2, -0.15) is 0 Å². The minimum Gasteiger partial charge on any atom is -0.351 e. The van der Waals surface area contributed by atoms with E-state index in [0.717, 1.165) is 25.0 Å².